The van der Waals surface area contributed by atoms with Crippen LogP contribution < -0.4 is 5.32 Å². The number of nitrogens with zero attached hydrogens (tertiary/aromatic N) is 2. The minimum absolute atomic E-state index is 0.712. The number of anilines is 1. The van der Waals surface area contributed by atoms with Gasteiger partial charge in [0, 0.05) is 31.6 Å². The Balaban J connectivity index is 1.94. The largest absolute Gasteiger partial charge is 0.383 e. The molecule has 1 N–H and O–H groups in total. The molecule has 1 unspecified atom stereocenters. The van der Waals surface area contributed by atoms with Gasteiger partial charge in [-0.15, -0.1) is 0 Å². The van der Waals surface area contributed by atoms with Gasteiger partial charge in [0.15, 0.2) is 0 Å². The number of methoxy groups -OCH3 is 1. The lowest BCUT2D eigenvalue weighted by Crippen LogP contribution is -2.15. The molecule has 96 valence electrons. The van der Waals surface area contributed by atoms with E-state index in [-0.39, 0.29) is 0 Å². The van der Waals surface area contributed by atoms with Crippen molar-refractivity contribution in [1.82, 2.24) is 9.55 Å². The van der Waals surface area contributed by atoms with E-state index < -0.39 is 0 Å². The van der Waals surface area contributed by atoms with Gasteiger partial charge in [-0.3, -0.25) is 0 Å². The summed E-state index contributed by atoms with van der Waals surface area (Å²) in [5, 5.41) is 4.08. The molecule has 0 aliphatic carbocycles. The number of aromatic nitrogens is 2. The molecule has 1 aliphatic heterocycles. The van der Waals surface area contributed by atoms with Crippen molar-refractivity contribution in [3.8, 4) is 0 Å². The van der Waals surface area contributed by atoms with E-state index in [1.807, 2.05) is 6.92 Å². The van der Waals surface area contributed by atoms with Crippen LogP contribution in [0.25, 0.3) is 0 Å². The molecular formula is C12H21N3OS. The monoisotopic (exact) mass is 255 g/mol. The van der Waals surface area contributed by atoms with Crippen LogP contribution in [0, 0.1) is 6.92 Å². The fraction of sp³-hybridized carbons (Fsp3) is 0.750. The number of nitrogens with one attached hydrogen (secondary N) is 1. The molecule has 1 aromatic rings. The Morgan fingerprint density at radius 2 is 2.53 bits per heavy atom. The number of rotatable bonds is 6. The molecule has 0 aromatic carbocycles. The van der Waals surface area contributed by atoms with Crippen molar-refractivity contribution in [1.29, 1.82) is 0 Å². The highest BCUT2D eigenvalue weighted by Crippen LogP contribution is 2.28. The summed E-state index contributed by atoms with van der Waals surface area (Å²) < 4.78 is 7.28. The van der Waals surface area contributed by atoms with Crippen molar-refractivity contribution in [3.05, 3.63) is 11.9 Å². The molecule has 5 heteroatoms. The van der Waals surface area contributed by atoms with Crippen molar-refractivity contribution in [2.75, 3.05) is 31.3 Å². The summed E-state index contributed by atoms with van der Waals surface area (Å²) in [7, 11) is 1.72. The maximum atomic E-state index is 5.04. The second-order valence-corrected chi connectivity index (χ2v) is 5.82. The first kappa shape index (κ1) is 12.8. The van der Waals surface area contributed by atoms with Crippen LogP contribution in [-0.2, 0) is 11.3 Å². The minimum Gasteiger partial charge on any atom is -0.383 e. The fourth-order valence-corrected chi connectivity index (χ4v) is 3.37. The molecule has 2 rings (SSSR count). The molecule has 0 amide bonds. The van der Waals surface area contributed by atoms with Crippen molar-refractivity contribution in [2.45, 2.75) is 31.6 Å². The highest BCUT2D eigenvalue weighted by atomic mass is 32.2. The quantitative estimate of drug-likeness (QED) is 0.791. The van der Waals surface area contributed by atoms with Crippen LogP contribution in [-0.4, -0.2) is 40.8 Å². The van der Waals surface area contributed by atoms with Crippen molar-refractivity contribution in [3.63, 3.8) is 0 Å². The lowest BCUT2D eigenvalue weighted by molar-refractivity contribution is 0.210. The molecule has 17 heavy (non-hydrogen) atoms. The van der Waals surface area contributed by atoms with Gasteiger partial charge in [0.2, 0.25) is 5.95 Å². The Morgan fingerprint density at radius 1 is 1.65 bits per heavy atom. The van der Waals surface area contributed by atoms with Crippen LogP contribution in [0.5, 0.6) is 0 Å². The van der Waals surface area contributed by atoms with Crippen LogP contribution in [0.1, 0.15) is 18.5 Å². The minimum atomic E-state index is 0.712. The Hall–Kier alpha value is -0.680. The number of aryl methyl sites for hydroxylation is 1. The average Bonchev–Trinajstić information content (AvgIpc) is 2.90. The third kappa shape index (κ3) is 3.64. The van der Waals surface area contributed by atoms with Crippen molar-refractivity contribution in [2.24, 2.45) is 0 Å². The molecule has 1 atom stereocenters. The summed E-state index contributed by atoms with van der Waals surface area (Å²) in [5.41, 5.74) is 1.08. The van der Waals surface area contributed by atoms with E-state index in [4.69, 9.17) is 4.74 Å². The van der Waals surface area contributed by atoms with E-state index in [9.17, 15) is 0 Å². The third-order valence-electron chi connectivity index (χ3n) is 2.91. The molecule has 1 aliphatic rings. The van der Waals surface area contributed by atoms with Crippen LogP contribution in [0.4, 0.5) is 5.95 Å². The lowest BCUT2D eigenvalue weighted by atomic mass is 10.2. The van der Waals surface area contributed by atoms with E-state index in [2.05, 4.69) is 32.8 Å². The highest BCUT2D eigenvalue weighted by Gasteiger charge is 2.17. The third-order valence-corrected chi connectivity index (χ3v) is 4.29. The summed E-state index contributed by atoms with van der Waals surface area (Å²) in [6, 6.07) is 0. The van der Waals surface area contributed by atoms with Gasteiger partial charge in [-0.25, -0.2) is 4.98 Å². The molecule has 1 saturated heterocycles. The molecule has 0 saturated carbocycles. The standard InChI is InChI=1S/C12H21N3OS/c1-10-8-15(9-11-4-3-7-17-11)12(14-10)13-5-6-16-2/h8,11H,3-7,9H2,1-2H3,(H,13,14). The summed E-state index contributed by atoms with van der Waals surface area (Å²) in [6.07, 6.45) is 4.82. The second-order valence-electron chi connectivity index (χ2n) is 4.41. The lowest BCUT2D eigenvalue weighted by Gasteiger charge is -2.13. The van der Waals surface area contributed by atoms with Crippen LogP contribution in [0.3, 0.4) is 0 Å². The summed E-state index contributed by atoms with van der Waals surface area (Å²) in [4.78, 5) is 4.51. The number of hydrogen-bond acceptors (Lipinski definition) is 4. The molecule has 0 bridgehead atoms. The normalized spacial score (nSPS) is 19.8. The first-order chi connectivity index (χ1) is 8.29. The van der Waals surface area contributed by atoms with Crippen molar-refractivity contribution >= 4 is 17.7 Å². The topological polar surface area (TPSA) is 39.1 Å². The zero-order valence-corrected chi connectivity index (χ0v) is 11.4. The highest BCUT2D eigenvalue weighted by molar-refractivity contribution is 8.00. The Kier molecular flexibility index (Phi) is 4.74. The van der Waals surface area contributed by atoms with Gasteiger partial charge in [-0.2, -0.15) is 11.8 Å². The zero-order chi connectivity index (χ0) is 12.1. The summed E-state index contributed by atoms with van der Waals surface area (Å²) in [5.74, 6) is 2.29. The van der Waals surface area contributed by atoms with Crippen LogP contribution in [0.2, 0.25) is 0 Å². The Labute approximate surface area is 107 Å². The fourth-order valence-electron chi connectivity index (χ4n) is 2.10. The van der Waals surface area contributed by atoms with Gasteiger partial charge < -0.3 is 14.6 Å². The van der Waals surface area contributed by atoms with Gasteiger partial charge >= 0.3 is 0 Å². The second kappa shape index (κ2) is 6.31. The van der Waals surface area contributed by atoms with E-state index in [0.29, 0.717) is 6.61 Å². The molecule has 0 spiro atoms. The molecule has 4 nitrogen and oxygen atoms in total. The van der Waals surface area contributed by atoms with Gasteiger partial charge in [0.25, 0.3) is 0 Å². The molecular weight excluding hydrogens is 234 g/mol. The molecule has 2 heterocycles. The number of imidazole rings is 1. The van der Waals surface area contributed by atoms with E-state index in [0.717, 1.165) is 30.0 Å². The number of hydrogen-bond donors (Lipinski definition) is 1. The SMILES string of the molecule is COCCNc1nc(C)cn1CC1CCCS1. The summed E-state index contributed by atoms with van der Waals surface area (Å²) >= 11 is 2.08. The van der Waals surface area contributed by atoms with E-state index in [1.165, 1.54) is 18.6 Å². The maximum absolute atomic E-state index is 5.04. The number of ether oxygens (including phenoxy) is 1. The van der Waals surface area contributed by atoms with Gasteiger partial charge in [0.1, 0.15) is 0 Å². The smallest absolute Gasteiger partial charge is 0.203 e. The predicted octanol–water partition coefficient (Wildman–Crippen LogP) is 2.15. The van der Waals surface area contributed by atoms with Gasteiger partial charge in [0.05, 0.1) is 12.3 Å². The first-order valence-corrected chi connectivity index (χ1v) is 7.22. The maximum Gasteiger partial charge on any atom is 0.203 e. The van der Waals surface area contributed by atoms with Crippen molar-refractivity contribution < 1.29 is 4.74 Å². The Morgan fingerprint density at radius 3 is 3.24 bits per heavy atom. The molecule has 1 aromatic heterocycles. The molecule has 1 fully saturated rings. The Bertz CT molecular complexity index is 348. The van der Waals surface area contributed by atoms with E-state index >= 15 is 0 Å². The zero-order valence-electron chi connectivity index (χ0n) is 10.6. The first-order valence-electron chi connectivity index (χ1n) is 6.18. The predicted molar refractivity (Wildman–Crippen MR) is 72.8 cm³/mol. The molecule has 0 radical (unpaired) electrons. The average molecular weight is 255 g/mol. The van der Waals surface area contributed by atoms with E-state index in [1.54, 1.807) is 7.11 Å². The van der Waals surface area contributed by atoms with Crippen LogP contribution >= 0.6 is 11.8 Å². The van der Waals surface area contributed by atoms with Crippen LogP contribution in [0.15, 0.2) is 6.20 Å². The van der Waals surface area contributed by atoms with Gasteiger partial charge in [-0.05, 0) is 25.5 Å². The summed E-state index contributed by atoms with van der Waals surface area (Å²) in [6.45, 7) is 4.63. The number of thioether (sulfide) groups is 1. The van der Waals surface area contributed by atoms with Gasteiger partial charge in [-0.1, -0.05) is 0 Å².